The van der Waals surface area contributed by atoms with Crippen molar-refractivity contribution < 1.29 is 9.59 Å². The molecule has 2 aliphatic heterocycles. The highest BCUT2D eigenvalue weighted by Crippen LogP contribution is 2.44. The lowest BCUT2D eigenvalue weighted by Gasteiger charge is -2.44. The van der Waals surface area contributed by atoms with Crippen molar-refractivity contribution in [2.75, 3.05) is 25.4 Å². The Hall–Kier alpha value is -2.53. The third-order valence-electron chi connectivity index (χ3n) is 6.02. The molecule has 156 valence electrons. The highest BCUT2D eigenvalue weighted by molar-refractivity contribution is 8.00. The van der Waals surface area contributed by atoms with Gasteiger partial charge in [-0.3, -0.25) is 9.59 Å². The van der Waals surface area contributed by atoms with Crippen LogP contribution in [0.25, 0.3) is 6.08 Å². The molecule has 2 aromatic rings. The predicted molar refractivity (Wildman–Crippen MR) is 123 cm³/mol. The molecule has 2 heterocycles. The zero-order valence-electron chi connectivity index (χ0n) is 17.2. The summed E-state index contributed by atoms with van der Waals surface area (Å²) in [5.74, 6) is 1.28. The van der Waals surface area contributed by atoms with Gasteiger partial charge in [0, 0.05) is 37.9 Å². The number of aryl methyl sites for hydroxylation is 1. The van der Waals surface area contributed by atoms with E-state index in [1.54, 1.807) is 6.08 Å². The highest BCUT2D eigenvalue weighted by Gasteiger charge is 2.46. The zero-order chi connectivity index (χ0) is 20.8. The molecule has 5 heteroatoms. The normalized spacial score (nSPS) is 18.3. The number of thioether (sulfide) groups is 1. The number of benzene rings is 2. The van der Waals surface area contributed by atoms with Crippen LogP contribution in [0.2, 0.25) is 0 Å². The number of rotatable bonds is 5. The maximum atomic E-state index is 13.0. The molecule has 0 radical (unpaired) electrons. The maximum Gasteiger partial charge on any atom is 0.246 e. The number of nitrogens with zero attached hydrogens (tertiary/aromatic N) is 2. The Morgan fingerprint density at radius 1 is 0.933 bits per heavy atom. The number of amides is 2. The highest BCUT2D eigenvalue weighted by atomic mass is 32.2. The maximum absolute atomic E-state index is 13.0. The molecule has 4 rings (SSSR count). The standard InChI is InChI=1S/C25H28N2O2S/c28-23(13-11-21-7-3-1-4-8-21)26-17-15-25(16-18-26)27(19-20-30-25)24(29)14-12-22-9-5-2-6-10-22/h1-11,13H,12,14-20H2. The van der Waals surface area contributed by atoms with Crippen LogP contribution in [-0.4, -0.2) is 51.9 Å². The number of piperidine rings is 1. The van der Waals surface area contributed by atoms with Gasteiger partial charge in [0.05, 0.1) is 4.87 Å². The molecular weight excluding hydrogens is 392 g/mol. The van der Waals surface area contributed by atoms with Crippen LogP contribution in [0.1, 0.15) is 30.4 Å². The number of carbonyl (C=O) groups excluding carboxylic acids is 2. The average molecular weight is 421 g/mol. The van der Waals surface area contributed by atoms with Crippen molar-refractivity contribution in [1.29, 1.82) is 0 Å². The number of carbonyl (C=O) groups is 2. The molecule has 0 atom stereocenters. The summed E-state index contributed by atoms with van der Waals surface area (Å²) in [7, 11) is 0. The summed E-state index contributed by atoms with van der Waals surface area (Å²) in [5.41, 5.74) is 2.23. The van der Waals surface area contributed by atoms with E-state index in [0.717, 1.165) is 37.1 Å². The second-order valence-corrected chi connectivity index (χ2v) is 9.35. The van der Waals surface area contributed by atoms with Crippen molar-refractivity contribution in [1.82, 2.24) is 9.80 Å². The molecule has 2 aromatic carbocycles. The van der Waals surface area contributed by atoms with Gasteiger partial charge in [0.2, 0.25) is 11.8 Å². The van der Waals surface area contributed by atoms with Crippen LogP contribution in [0.15, 0.2) is 66.7 Å². The van der Waals surface area contributed by atoms with Crippen LogP contribution in [-0.2, 0) is 16.0 Å². The fraction of sp³-hybridized carbons (Fsp3) is 0.360. The lowest BCUT2D eigenvalue weighted by atomic mass is 10.0. The Bertz CT molecular complexity index is 890. The largest absolute Gasteiger partial charge is 0.339 e. The first-order chi connectivity index (χ1) is 14.7. The molecule has 0 aromatic heterocycles. The minimum absolute atomic E-state index is 0.0543. The molecule has 1 spiro atoms. The Morgan fingerprint density at radius 3 is 2.30 bits per heavy atom. The third kappa shape index (κ3) is 4.78. The van der Waals surface area contributed by atoms with Gasteiger partial charge in [-0.15, -0.1) is 11.8 Å². The predicted octanol–water partition coefficient (Wildman–Crippen LogP) is 4.23. The van der Waals surface area contributed by atoms with E-state index in [1.165, 1.54) is 5.56 Å². The lowest BCUT2D eigenvalue weighted by Crippen LogP contribution is -2.53. The van der Waals surface area contributed by atoms with Gasteiger partial charge >= 0.3 is 0 Å². The van der Waals surface area contributed by atoms with E-state index in [0.29, 0.717) is 19.5 Å². The van der Waals surface area contributed by atoms with Gasteiger partial charge in [-0.05, 0) is 36.5 Å². The van der Waals surface area contributed by atoms with E-state index >= 15 is 0 Å². The molecule has 0 unspecified atom stereocenters. The first-order valence-electron chi connectivity index (χ1n) is 10.7. The van der Waals surface area contributed by atoms with Gasteiger partial charge in [-0.25, -0.2) is 0 Å². The van der Waals surface area contributed by atoms with E-state index in [-0.39, 0.29) is 16.7 Å². The quantitative estimate of drug-likeness (QED) is 0.680. The molecule has 0 N–H and O–H groups in total. The fourth-order valence-electron chi connectivity index (χ4n) is 4.32. The SMILES string of the molecule is O=C(C=Cc1ccccc1)N1CCC2(CC1)SCCN2C(=O)CCc1ccccc1. The molecule has 4 nitrogen and oxygen atoms in total. The van der Waals surface area contributed by atoms with Crippen molar-refractivity contribution in [3.8, 4) is 0 Å². The van der Waals surface area contributed by atoms with Gasteiger partial charge in [-0.2, -0.15) is 0 Å². The molecule has 0 aliphatic carbocycles. The molecule has 30 heavy (non-hydrogen) atoms. The summed E-state index contributed by atoms with van der Waals surface area (Å²) in [4.78, 5) is 29.5. The Kier molecular flexibility index (Phi) is 6.58. The molecule has 2 fully saturated rings. The number of likely N-dealkylation sites (tertiary alicyclic amines) is 1. The van der Waals surface area contributed by atoms with Crippen LogP contribution < -0.4 is 0 Å². The van der Waals surface area contributed by atoms with Crippen molar-refractivity contribution in [3.63, 3.8) is 0 Å². The van der Waals surface area contributed by atoms with Crippen molar-refractivity contribution in [3.05, 3.63) is 77.9 Å². The monoisotopic (exact) mass is 420 g/mol. The van der Waals surface area contributed by atoms with Crippen LogP contribution in [0.4, 0.5) is 0 Å². The van der Waals surface area contributed by atoms with Crippen LogP contribution in [0.5, 0.6) is 0 Å². The van der Waals surface area contributed by atoms with Gasteiger partial charge in [0.25, 0.3) is 0 Å². The minimum atomic E-state index is -0.131. The smallest absolute Gasteiger partial charge is 0.246 e. The molecule has 2 amide bonds. The molecule has 0 bridgehead atoms. The summed E-state index contributed by atoms with van der Waals surface area (Å²) < 4.78 is 0. The summed E-state index contributed by atoms with van der Waals surface area (Å²) >= 11 is 1.90. The molecule has 2 aliphatic rings. The second kappa shape index (κ2) is 9.52. The average Bonchev–Trinajstić information content (AvgIpc) is 3.20. The van der Waals surface area contributed by atoms with E-state index in [4.69, 9.17) is 0 Å². The zero-order valence-corrected chi connectivity index (χ0v) is 18.0. The number of hydrogen-bond acceptors (Lipinski definition) is 3. The van der Waals surface area contributed by atoms with E-state index in [9.17, 15) is 9.59 Å². The van der Waals surface area contributed by atoms with Crippen molar-refractivity contribution >= 4 is 29.7 Å². The topological polar surface area (TPSA) is 40.6 Å². The van der Waals surface area contributed by atoms with Crippen molar-refractivity contribution in [2.24, 2.45) is 0 Å². The first kappa shape index (κ1) is 20.7. The van der Waals surface area contributed by atoms with Crippen LogP contribution in [0, 0.1) is 0 Å². The van der Waals surface area contributed by atoms with E-state index < -0.39 is 0 Å². The Balaban J connectivity index is 1.32. The van der Waals surface area contributed by atoms with E-state index in [2.05, 4.69) is 17.0 Å². The van der Waals surface area contributed by atoms with E-state index in [1.807, 2.05) is 71.3 Å². The van der Waals surface area contributed by atoms with Crippen molar-refractivity contribution in [2.45, 2.75) is 30.6 Å². The molecule has 0 saturated carbocycles. The summed E-state index contributed by atoms with van der Waals surface area (Å²) in [6.45, 7) is 2.22. The van der Waals surface area contributed by atoms with Gasteiger partial charge < -0.3 is 9.80 Å². The first-order valence-corrected chi connectivity index (χ1v) is 11.7. The van der Waals surface area contributed by atoms with Gasteiger partial charge in [-0.1, -0.05) is 60.7 Å². The summed E-state index contributed by atoms with van der Waals surface area (Å²) in [6.07, 6.45) is 6.56. The number of hydrogen-bond donors (Lipinski definition) is 0. The second-order valence-electron chi connectivity index (χ2n) is 7.89. The van der Waals surface area contributed by atoms with Gasteiger partial charge in [0.15, 0.2) is 0 Å². The third-order valence-corrected chi connectivity index (χ3v) is 7.58. The molecule has 2 saturated heterocycles. The fourth-order valence-corrected chi connectivity index (χ4v) is 5.79. The van der Waals surface area contributed by atoms with Crippen LogP contribution >= 0.6 is 11.8 Å². The van der Waals surface area contributed by atoms with Gasteiger partial charge in [0.1, 0.15) is 0 Å². The lowest BCUT2D eigenvalue weighted by molar-refractivity contribution is -0.135. The Labute approximate surface area is 182 Å². The Morgan fingerprint density at radius 2 is 1.60 bits per heavy atom. The molecular formula is C25H28N2O2S. The minimum Gasteiger partial charge on any atom is -0.339 e. The summed E-state index contributed by atoms with van der Waals surface area (Å²) in [5, 5.41) is 0. The summed E-state index contributed by atoms with van der Waals surface area (Å²) in [6, 6.07) is 20.1. The van der Waals surface area contributed by atoms with Crippen LogP contribution in [0.3, 0.4) is 0 Å².